The molecule has 1 aliphatic heterocycles. The SMILES string of the molecule is CCCOC1(NC(C)(C)C)Cc2c(O)cccc2NC1=O. The van der Waals surface area contributed by atoms with Crippen LogP contribution in [0, 0.1) is 0 Å². The molecule has 5 nitrogen and oxygen atoms in total. The van der Waals surface area contributed by atoms with Gasteiger partial charge in [0.05, 0.1) is 0 Å². The molecular formula is C16H24N2O3. The Hall–Kier alpha value is -1.59. The Morgan fingerprint density at radius 1 is 1.43 bits per heavy atom. The Labute approximate surface area is 125 Å². The number of fused-ring (bicyclic) bond motifs is 1. The molecule has 0 fully saturated rings. The van der Waals surface area contributed by atoms with E-state index in [1.165, 1.54) is 0 Å². The molecule has 1 aliphatic rings. The number of phenolic OH excluding ortho intramolecular Hbond substituents is 1. The van der Waals surface area contributed by atoms with Gasteiger partial charge in [0, 0.05) is 29.8 Å². The van der Waals surface area contributed by atoms with Crippen molar-refractivity contribution < 1.29 is 14.6 Å². The summed E-state index contributed by atoms with van der Waals surface area (Å²) in [6.07, 6.45) is 1.12. The molecular weight excluding hydrogens is 268 g/mol. The van der Waals surface area contributed by atoms with Gasteiger partial charge < -0.3 is 15.2 Å². The number of hydrogen-bond acceptors (Lipinski definition) is 4. The molecule has 5 heteroatoms. The van der Waals surface area contributed by atoms with E-state index in [9.17, 15) is 9.90 Å². The molecule has 3 N–H and O–H groups in total. The molecule has 1 aromatic rings. The predicted molar refractivity (Wildman–Crippen MR) is 82.3 cm³/mol. The van der Waals surface area contributed by atoms with Gasteiger partial charge in [0.15, 0.2) is 0 Å². The van der Waals surface area contributed by atoms with E-state index in [0.29, 0.717) is 24.3 Å². The summed E-state index contributed by atoms with van der Waals surface area (Å²) in [5.74, 6) is -0.0448. The van der Waals surface area contributed by atoms with Crippen LogP contribution in [0.5, 0.6) is 5.75 Å². The minimum Gasteiger partial charge on any atom is -0.508 e. The molecule has 21 heavy (non-hydrogen) atoms. The summed E-state index contributed by atoms with van der Waals surface area (Å²) in [5, 5.41) is 16.2. The lowest BCUT2D eigenvalue weighted by molar-refractivity contribution is -0.151. The lowest BCUT2D eigenvalue weighted by Gasteiger charge is -2.42. The topological polar surface area (TPSA) is 70.6 Å². The van der Waals surface area contributed by atoms with Gasteiger partial charge in [-0.1, -0.05) is 13.0 Å². The highest BCUT2D eigenvalue weighted by molar-refractivity contribution is 6.00. The maximum Gasteiger partial charge on any atom is 0.272 e. The second-order valence-electron chi connectivity index (χ2n) is 6.48. The molecule has 0 radical (unpaired) electrons. The van der Waals surface area contributed by atoms with Gasteiger partial charge in [-0.05, 0) is 39.3 Å². The molecule has 1 heterocycles. The molecule has 0 spiro atoms. The molecule has 1 amide bonds. The summed E-state index contributed by atoms with van der Waals surface area (Å²) < 4.78 is 5.89. The minimum atomic E-state index is -1.15. The number of ether oxygens (including phenoxy) is 1. The fourth-order valence-electron chi connectivity index (χ4n) is 2.57. The van der Waals surface area contributed by atoms with Crippen LogP contribution in [0.15, 0.2) is 18.2 Å². The van der Waals surface area contributed by atoms with Crippen LogP contribution in [0.4, 0.5) is 5.69 Å². The Balaban J connectivity index is 2.40. The molecule has 1 atom stereocenters. The van der Waals surface area contributed by atoms with E-state index >= 15 is 0 Å². The van der Waals surface area contributed by atoms with Crippen LogP contribution < -0.4 is 10.6 Å². The molecule has 0 bridgehead atoms. The number of carbonyl (C=O) groups excluding carboxylic acids is 1. The van der Waals surface area contributed by atoms with Gasteiger partial charge in [-0.3, -0.25) is 10.1 Å². The fraction of sp³-hybridized carbons (Fsp3) is 0.562. The van der Waals surface area contributed by atoms with E-state index in [2.05, 4.69) is 10.6 Å². The third-order valence-corrected chi connectivity index (χ3v) is 3.32. The zero-order valence-electron chi connectivity index (χ0n) is 13.1. The van der Waals surface area contributed by atoms with Crippen LogP contribution in [0.1, 0.15) is 39.7 Å². The Morgan fingerprint density at radius 2 is 2.14 bits per heavy atom. The van der Waals surface area contributed by atoms with E-state index in [1.807, 2.05) is 27.7 Å². The maximum atomic E-state index is 12.6. The van der Waals surface area contributed by atoms with Crippen LogP contribution in [-0.4, -0.2) is 28.9 Å². The standard InChI is InChI=1S/C16H24N2O3/c1-5-9-21-16(18-15(2,3)4)10-11-12(17-14(16)20)7-6-8-13(11)19/h6-8,18-19H,5,9-10H2,1-4H3,(H,17,20). The van der Waals surface area contributed by atoms with Gasteiger partial charge in [-0.15, -0.1) is 0 Å². The highest BCUT2D eigenvalue weighted by atomic mass is 16.5. The number of anilines is 1. The van der Waals surface area contributed by atoms with Gasteiger partial charge in [-0.2, -0.15) is 0 Å². The summed E-state index contributed by atoms with van der Waals surface area (Å²) in [6.45, 7) is 8.42. The summed E-state index contributed by atoms with van der Waals surface area (Å²) in [6, 6.07) is 5.12. The van der Waals surface area contributed by atoms with E-state index in [0.717, 1.165) is 6.42 Å². The average molecular weight is 292 g/mol. The molecule has 0 aliphatic carbocycles. The zero-order valence-corrected chi connectivity index (χ0v) is 13.1. The summed E-state index contributed by atoms with van der Waals surface area (Å²) in [4.78, 5) is 12.6. The first-order valence-corrected chi connectivity index (χ1v) is 7.33. The van der Waals surface area contributed by atoms with E-state index in [1.54, 1.807) is 18.2 Å². The number of hydrogen-bond donors (Lipinski definition) is 3. The van der Waals surface area contributed by atoms with E-state index < -0.39 is 5.72 Å². The first-order chi connectivity index (χ1) is 9.77. The van der Waals surface area contributed by atoms with Gasteiger partial charge >= 0.3 is 0 Å². The quantitative estimate of drug-likeness (QED) is 0.745. The number of amides is 1. The minimum absolute atomic E-state index is 0.174. The van der Waals surface area contributed by atoms with Crippen molar-refractivity contribution in [1.29, 1.82) is 0 Å². The Morgan fingerprint density at radius 3 is 2.76 bits per heavy atom. The van der Waals surface area contributed by atoms with Crippen LogP contribution in [0.3, 0.4) is 0 Å². The molecule has 2 rings (SSSR count). The first kappa shape index (κ1) is 15.8. The van der Waals surface area contributed by atoms with Crippen LogP contribution >= 0.6 is 0 Å². The number of carbonyl (C=O) groups is 1. The number of phenols is 1. The van der Waals surface area contributed by atoms with E-state index in [-0.39, 0.29) is 17.2 Å². The zero-order chi connectivity index (χ0) is 15.7. The second kappa shape index (κ2) is 5.66. The van der Waals surface area contributed by atoms with Gasteiger partial charge in [0.25, 0.3) is 5.91 Å². The van der Waals surface area contributed by atoms with Gasteiger partial charge in [0.2, 0.25) is 5.72 Å². The third-order valence-electron chi connectivity index (χ3n) is 3.32. The van der Waals surface area contributed by atoms with Crippen molar-refractivity contribution >= 4 is 11.6 Å². The van der Waals surface area contributed by atoms with Gasteiger partial charge in [0.1, 0.15) is 5.75 Å². The summed E-state index contributed by atoms with van der Waals surface area (Å²) in [5.41, 5.74) is -0.107. The average Bonchev–Trinajstić information content (AvgIpc) is 2.37. The fourth-order valence-corrected chi connectivity index (χ4v) is 2.57. The van der Waals surface area contributed by atoms with Crippen LogP contribution in [0.25, 0.3) is 0 Å². The highest BCUT2D eigenvalue weighted by Gasteiger charge is 2.46. The second-order valence-corrected chi connectivity index (χ2v) is 6.48. The Bertz CT molecular complexity index is 537. The number of rotatable bonds is 4. The van der Waals surface area contributed by atoms with Crippen LogP contribution in [0.2, 0.25) is 0 Å². The van der Waals surface area contributed by atoms with Crippen molar-refractivity contribution in [2.24, 2.45) is 0 Å². The lowest BCUT2D eigenvalue weighted by atomic mass is 9.92. The summed E-state index contributed by atoms with van der Waals surface area (Å²) in [7, 11) is 0. The summed E-state index contributed by atoms with van der Waals surface area (Å²) >= 11 is 0. The van der Waals surface area contributed by atoms with Crippen molar-refractivity contribution in [1.82, 2.24) is 5.32 Å². The number of benzene rings is 1. The molecule has 0 aromatic heterocycles. The Kier molecular flexibility index (Phi) is 4.25. The number of nitrogens with one attached hydrogen (secondary N) is 2. The molecule has 0 saturated heterocycles. The van der Waals surface area contributed by atoms with Crippen molar-refractivity contribution in [2.75, 3.05) is 11.9 Å². The highest BCUT2D eigenvalue weighted by Crippen LogP contribution is 2.35. The van der Waals surface area contributed by atoms with Gasteiger partial charge in [-0.25, -0.2) is 0 Å². The smallest absolute Gasteiger partial charge is 0.272 e. The van der Waals surface area contributed by atoms with Crippen molar-refractivity contribution in [3.05, 3.63) is 23.8 Å². The largest absolute Gasteiger partial charge is 0.508 e. The van der Waals surface area contributed by atoms with Crippen molar-refractivity contribution in [3.8, 4) is 5.75 Å². The van der Waals surface area contributed by atoms with E-state index in [4.69, 9.17) is 4.74 Å². The molecule has 116 valence electrons. The number of aromatic hydroxyl groups is 1. The third kappa shape index (κ3) is 3.36. The predicted octanol–water partition coefficient (Wildman–Crippen LogP) is 2.40. The normalized spacial score (nSPS) is 21.8. The monoisotopic (exact) mass is 292 g/mol. The lowest BCUT2D eigenvalue weighted by Crippen LogP contribution is -2.65. The maximum absolute atomic E-state index is 12.6. The van der Waals surface area contributed by atoms with Crippen molar-refractivity contribution in [3.63, 3.8) is 0 Å². The first-order valence-electron chi connectivity index (χ1n) is 7.33. The van der Waals surface area contributed by atoms with Crippen LogP contribution in [-0.2, 0) is 16.0 Å². The molecule has 1 unspecified atom stereocenters. The molecule has 1 aromatic carbocycles. The van der Waals surface area contributed by atoms with Crippen molar-refractivity contribution in [2.45, 2.75) is 51.8 Å². The molecule has 0 saturated carbocycles.